The van der Waals surface area contributed by atoms with Gasteiger partial charge in [0.2, 0.25) is 0 Å². The molecule has 122 valence electrons. The molecule has 0 bridgehead atoms. The van der Waals surface area contributed by atoms with E-state index in [0.29, 0.717) is 41.5 Å². The molecule has 3 aromatic rings. The lowest BCUT2D eigenvalue weighted by atomic mass is 10.1. The molecule has 0 saturated carbocycles. The molecule has 1 aromatic carbocycles. The number of ether oxygens (including phenoxy) is 2. The summed E-state index contributed by atoms with van der Waals surface area (Å²) in [6.45, 7) is 2.87. The number of aromatic nitrogens is 2. The first-order valence-corrected chi connectivity index (χ1v) is 7.54. The number of carbonyl (C=O) groups is 1. The lowest BCUT2D eigenvalue weighted by Crippen LogP contribution is -2.00. The number of carboxylic acid groups (broad SMARTS) is 1. The average Bonchev–Trinajstić information content (AvgIpc) is 2.81. The smallest absolute Gasteiger partial charge is 0.336 e. The molecule has 24 heavy (non-hydrogen) atoms. The molecule has 0 aliphatic carbocycles. The molecule has 0 amide bonds. The van der Waals surface area contributed by atoms with Crippen LogP contribution in [0, 0.1) is 6.92 Å². The maximum atomic E-state index is 11.6. The zero-order valence-electron chi connectivity index (χ0n) is 12.9. The predicted octanol–water partition coefficient (Wildman–Crippen LogP) is 3.06. The van der Waals surface area contributed by atoms with Gasteiger partial charge in [0.15, 0.2) is 11.5 Å². The van der Waals surface area contributed by atoms with Crippen molar-refractivity contribution < 1.29 is 23.9 Å². The summed E-state index contributed by atoms with van der Waals surface area (Å²) in [6, 6.07) is 6.93. The van der Waals surface area contributed by atoms with Crippen LogP contribution in [0.3, 0.4) is 0 Å². The SMILES string of the molecule is Cc1noc2nc(-c3ccc4c(c3)OCCCO4)cc(C(=O)O)c12. The van der Waals surface area contributed by atoms with E-state index in [1.165, 1.54) is 6.07 Å². The molecular formula is C17H14N2O5. The number of aryl methyl sites for hydroxylation is 1. The number of hydrogen-bond donors (Lipinski definition) is 1. The van der Waals surface area contributed by atoms with Crippen LogP contribution in [0.2, 0.25) is 0 Å². The van der Waals surface area contributed by atoms with Crippen molar-refractivity contribution in [2.75, 3.05) is 13.2 Å². The fourth-order valence-corrected chi connectivity index (χ4v) is 2.73. The summed E-state index contributed by atoms with van der Waals surface area (Å²) in [7, 11) is 0. The average molecular weight is 326 g/mol. The minimum absolute atomic E-state index is 0.112. The van der Waals surface area contributed by atoms with Gasteiger partial charge >= 0.3 is 5.97 Å². The first kappa shape index (κ1) is 14.5. The van der Waals surface area contributed by atoms with E-state index in [4.69, 9.17) is 14.0 Å². The van der Waals surface area contributed by atoms with Crippen molar-refractivity contribution in [1.29, 1.82) is 0 Å². The monoisotopic (exact) mass is 326 g/mol. The molecule has 3 heterocycles. The molecular weight excluding hydrogens is 312 g/mol. The highest BCUT2D eigenvalue weighted by Crippen LogP contribution is 2.35. The number of fused-ring (bicyclic) bond motifs is 2. The zero-order valence-corrected chi connectivity index (χ0v) is 12.9. The highest BCUT2D eigenvalue weighted by atomic mass is 16.5. The molecule has 7 nitrogen and oxygen atoms in total. The van der Waals surface area contributed by atoms with Crippen molar-refractivity contribution in [3.8, 4) is 22.8 Å². The second kappa shape index (κ2) is 5.52. The molecule has 0 spiro atoms. The summed E-state index contributed by atoms with van der Waals surface area (Å²) in [5.74, 6) is 0.244. The summed E-state index contributed by atoms with van der Waals surface area (Å²) >= 11 is 0. The number of hydrogen-bond acceptors (Lipinski definition) is 6. The predicted molar refractivity (Wildman–Crippen MR) is 84.5 cm³/mol. The fourth-order valence-electron chi connectivity index (χ4n) is 2.73. The molecule has 0 atom stereocenters. The van der Waals surface area contributed by atoms with Crippen molar-refractivity contribution in [3.63, 3.8) is 0 Å². The second-order valence-corrected chi connectivity index (χ2v) is 5.52. The van der Waals surface area contributed by atoms with Crippen LogP contribution in [0.4, 0.5) is 0 Å². The third-order valence-corrected chi connectivity index (χ3v) is 3.89. The minimum atomic E-state index is -1.05. The van der Waals surface area contributed by atoms with Gasteiger partial charge in [-0.3, -0.25) is 0 Å². The van der Waals surface area contributed by atoms with Crippen molar-refractivity contribution in [2.45, 2.75) is 13.3 Å². The van der Waals surface area contributed by atoms with Crippen LogP contribution in [0.1, 0.15) is 22.5 Å². The highest BCUT2D eigenvalue weighted by molar-refractivity contribution is 6.03. The topological polar surface area (TPSA) is 94.7 Å². The quantitative estimate of drug-likeness (QED) is 0.773. The van der Waals surface area contributed by atoms with Gasteiger partial charge in [0.1, 0.15) is 0 Å². The Morgan fingerprint density at radius 1 is 1.17 bits per heavy atom. The van der Waals surface area contributed by atoms with Gasteiger partial charge in [-0.05, 0) is 31.2 Å². The number of pyridine rings is 1. The third-order valence-electron chi connectivity index (χ3n) is 3.89. The van der Waals surface area contributed by atoms with Gasteiger partial charge < -0.3 is 19.1 Å². The molecule has 2 aromatic heterocycles. The van der Waals surface area contributed by atoms with E-state index in [-0.39, 0.29) is 11.3 Å². The fraction of sp³-hybridized carbons (Fsp3) is 0.235. The maximum absolute atomic E-state index is 11.6. The Labute approximate surface area is 136 Å². The molecule has 7 heteroatoms. The highest BCUT2D eigenvalue weighted by Gasteiger charge is 2.19. The maximum Gasteiger partial charge on any atom is 0.336 e. The van der Waals surface area contributed by atoms with E-state index in [1.54, 1.807) is 19.1 Å². The second-order valence-electron chi connectivity index (χ2n) is 5.52. The number of benzene rings is 1. The minimum Gasteiger partial charge on any atom is -0.490 e. The van der Waals surface area contributed by atoms with Crippen molar-refractivity contribution in [2.24, 2.45) is 0 Å². The van der Waals surface area contributed by atoms with E-state index in [0.717, 1.165) is 12.0 Å². The van der Waals surface area contributed by atoms with E-state index < -0.39 is 5.97 Å². The Morgan fingerprint density at radius 2 is 1.96 bits per heavy atom. The van der Waals surface area contributed by atoms with Crippen LogP contribution in [-0.2, 0) is 0 Å². The van der Waals surface area contributed by atoms with Gasteiger partial charge in [0.25, 0.3) is 5.71 Å². The van der Waals surface area contributed by atoms with Gasteiger partial charge in [0, 0.05) is 12.0 Å². The molecule has 0 fully saturated rings. The molecule has 0 radical (unpaired) electrons. The summed E-state index contributed by atoms with van der Waals surface area (Å²) in [5.41, 5.74) is 2.01. The summed E-state index contributed by atoms with van der Waals surface area (Å²) < 4.78 is 16.4. The van der Waals surface area contributed by atoms with Gasteiger partial charge in [-0.2, -0.15) is 0 Å². The van der Waals surface area contributed by atoms with Crippen LogP contribution in [0.15, 0.2) is 28.8 Å². The normalized spacial score (nSPS) is 13.7. The third kappa shape index (κ3) is 2.34. The Hall–Kier alpha value is -3.09. The van der Waals surface area contributed by atoms with Crippen LogP contribution >= 0.6 is 0 Å². The van der Waals surface area contributed by atoms with E-state index in [1.807, 2.05) is 6.07 Å². The Morgan fingerprint density at radius 3 is 2.75 bits per heavy atom. The molecule has 0 saturated heterocycles. The van der Waals surface area contributed by atoms with Gasteiger partial charge in [-0.15, -0.1) is 0 Å². The summed E-state index contributed by atoms with van der Waals surface area (Å²) in [6.07, 6.45) is 0.814. The number of carboxylic acids is 1. The van der Waals surface area contributed by atoms with Gasteiger partial charge in [-0.25, -0.2) is 9.78 Å². The Bertz CT molecular complexity index is 948. The molecule has 1 aliphatic heterocycles. The van der Waals surface area contributed by atoms with Gasteiger partial charge in [0.05, 0.1) is 35.6 Å². The van der Waals surface area contributed by atoms with E-state index in [2.05, 4.69) is 10.1 Å². The van der Waals surface area contributed by atoms with Crippen molar-refractivity contribution in [1.82, 2.24) is 10.1 Å². The number of nitrogens with zero attached hydrogens (tertiary/aromatic N) is 2. The first-order chi connectivity index (χ1) is 11.6. The van der Waals surface area contributed by atoms with Gasteiger partial charge in [-0.1, -0.05) is 5.16 Å². The van der Waals surface area contributed by atoms with Crippen LogP contribution in [-0.4, -0.2) is 34.4 Å². The van der Waals surface area contributed by atoms with Crippen LogP contribution in [0.5, 0.6) is 11.5 Å². The zero-order chi connectivity index (χ0) is 16.7. The molecule has 0 unspecified atom stereocenters. The van der Waals surface area contributed by atoms with Crippen LogP contribution < -0.4 is 9.47 Å². The Kier molecular flexibility index (Phi) is 3.34. The lowest BCUT2D eigenvalue weighted by molar-refractivity contribution is 0.0699. The standard InChI is InChI=1S/C17H14N2O5/c1-9-15-11(17(20)21)8-12(18-16(15)24-19-9)10-3-4-13-14(7-10)23-6-2-5-22-13/h3-4,7-8H,2,5-6H2,1H3,(H,20,21). The number of rotatable bonds is 2. The Balaban J connectivity index is 1.87. The van der Waals surface area contributed by atoms with Crippen LogP contribution in [0.25, 0.3) is 22.4 Å². The number of aromatic carboxylic acids is 1. The van der Waals surface area contributed by atoms with Crippen molar-refractivity contribution >= 4 is 17.1 Å². The molecule has 1 aliphatic rings. The summed E-state index contributed by atoms with van der Waals surface area (Å²) in [5, 5.41) is 13.7. The molecule has 1 N–H and O–H groups in total. The molecule has 4 rings (SSSR count). The first-order valence-electron chi connectivity index (χ1n) is 7.54. The van der Waals surface area contributed by atoms with E-state index >= 15 is 0 Å². The largest absolute Gasteiger partial charge is 0.490 e. The lowest BCUT2D eigenvalue weighted by Gasteiger charge is -2.09. The van der Waals surface area contributed by atoms with Crippen molar-refractivity contribution in [3.05, 3.63) is 35.5 Å². The summed E-state index contributed by atoms with van der Waals surface area (Å²) in [4.78, 5) is 16.0. The van der Waals surface area contributed by atoms with E-state index in [9.17, 15) is 9.90 Å².